The highest BCUT2D eigenvalue weighted by molar-refractivity contribution is 6.01. The quantitative estimate of drug-likeness (QED) is 0.454. The Hall–Kier alpha value is -4.34. The fourth-order valence-corrected chi connectivity index (χ4v) is 3.45. The molecule has 0 unspecified atom stereocenters. The largest absolute Gasteiger partial charge is 0.465 e. The van der Waals surface area contributed by atoms with Gasteiger partial charge in [0, 0.05) is 13.0 Å². The van der Waals surface area contributed by atoms with E-state index in [0.29, 0.717) is 22.8 Å². The van der Waals surface area contributed by atoms with Crippen molar-refractivity contribution in [3.8, 4) is 5.69 Å². The number of benzene rings is 2. The van der Waals surface area contributed by atoms with Crippen molar-refractivity contribution in [2.45, 2.75) is 19.9 Å². The molecule has 0 saturated heterocycles. The van der Waals surface area contributed by atoms with Gasteiger partial charge in [-0.3, -0.25) is 14.2 Å². The fraction of sp³-hybridized carbons (Fsp3) is 0.174. The lowest BCUT2D eigenvalue weighted by Gasteiger charge is -2.12. The first-order valence-corrected chi connectivity index (χ1v) is 10.1. The number of carbonyl (C=O) groups is 2. The highest BCUT2D eigenvalue weighted by Gasteiger charge is 2.16. The van der Waals surface area contributed by atoms with Crippen molar-refractivity contribution >= 4 is 28.6 Å². The Labute approximate surface area is 187 Å². The first-order valence-electron chi connectivity index (χ1n) is 10.1. The van der Waals surface area contributed by atoms with Crippen molar-refractivity contribution in [2.75, 3.05) is 12.4 Å². The van der Waals surface area contributed by atoms with E-state index in [1.807, 2.05) is 0 Å². The van der Waals surface area contributed by atoms with Crippen LogP contribution in [0.25, 0.3) is 16.7 Å². The topological polar surface area (TPSA) is 108 Å². The number of ether oxygens (including phenoxy) is 1. The number of aryl methyl sites for hydroxylation is 1. The van der Waals surface area contributed by atoms with Crippen molar-refractivity contribution in [3.63, 3.8) is 0 Å². The van der Waals surface area contributed by atoms with E-state index in [-0.39, 0.29) is 41.2 Å². The molecule has 1 N–H and O–H groups in total. The van der Waals surface area contributed by atoms with Gasteiger partial charge >= 0.3 is 5.97 Å². The van der Waals surface area contributed by atoms with Crippen LogP contribution in [0.4, 0.5) is 10.1 Å². The lowest BCUT2D eigenvalue weighted by Crippen LogP contribution is -2.26. The van der Waals surface area contributed by atoms with Gasteiger partial charge in [0.05, 0.1) is 30.2 Å². The number of halogens is 1. The molecule has 2 heterocycles. The predicted molar refractivity (Wildman–Crippen MR) is 119 cm³/mol. The minimum Gasteiger partial charge on any atom is -0.465 e. The molecule has 0 saturated carbocycles. The third-order valence-corrected chi connectivity index (χ3v) is 5.12. The molecule has 0 aliphatic carbocycles. The van der Waals surface area contributed by atoms with Crippen LogP contribution in [0.2, 0.25) is 0 Å². The highest BCUT2D eigenvalue weighted by Crippen LogP contribution is 2.17. The summed E-state index contributed by atoms with van der Waals surface area (Å²) < 4.78 is 20.8. The lowest BCUT2D eigenvalue weighted by molar-refractivity contribution is -0.116. The highest BCUT2D eigenvalue weighted by atomic mass is 19.1. The third-order valence-electron chi connectivity index (χ3n) is 5.12. The maximum atomic E-state index is 13.2. The fourth-order valence-electron chi connectivity index (χ4n) is 3.45. The Morgan fingerprint density at radius 2 is 1.85 bits per heavy atom. The number of amides is 1. The molecule has 0 bridgehead atoms. The first kappa shape index (κ1) is 21.9. The second-order valence-electron chi connectivity index (χ2n) is 7.22. The number of anilines is 1. The van der Waals surface area contributed by atoms with Crippen LogP contribution in [-0.2, 0) is 16.1 Å². The summed E-state index contributed by atoms with van der Waals surface area (Å²) in [5.74, 6) is -0.918. The molecule has 2 aromatic carbocycles. The maximum absolute atomic E-state index is 13.2. The van der Waals surface area contributed by atoms with Gasteiger partial charge in [-0.1, -0.05) is 12.1 Å². The van der Waals surface area contributed by atoms with Crippen LogP contribution in [0, 0.1) is 12.7 Å². The summed E-state index contributed by atoms with van der Waals surface area (Å²) in [5.41, 5.74) is 1.13. The Morgan fingerprint density at radius 1 is 1.12 bits per heavy atom. The number of hydrogen-bond donors (Lipinski definition) is 1. The first-order chi connectivity index (χ1) is 15.9. The summed E-state index contributed by atoms with van der Waals surface area (Å²) >= 11 is 0. The zero-order valence-corrected chi connectivity index (χ0v) is 17.9. The van der Waals surface area contributed by atoms with Gasteiger partial charge in [0.2, 0.25) is 5.91 Å². The zero-order chi connectivity index (χ0) is 23.5. The molecule has 0 aliphatic rings. The number of carbonyl (C=O) groups excluding carboxylic acids is 2. The number of methoxy groups -OCH3 is 1. The lowest BCUT2D eigenvalue weighted by atomic mass is 10.1. The predicted octanol–water partition coefficient (Wildman–Crippen LogP) is 2.85. The van der Waals surface area contributed by atoms with Crippen molar-refractivity contribution in [1.29, 1.82) is 0 Å². The number of para-hydroxylation sites is 1. The van der Waals surface area contributed by atoms with Gasteiger partial charge in [-0.15, -0.1) is 0 Å². The summed E-state index contributed by atoms with van der Waals surface area (Å²) in [6, 6.07) is 12.2. The summed E-state index contributed by atoms with van der Waals surface area (Å²) in [5, 5.41) is 7.18. The minimum absolute atomic E-state index is 0.0183. The number of esters is 1. The van der Waals surface area contributed by atoms with Crippen LogP contribution in [0.1, 0.15) is 22.6 Å². The van der Waals surface area contributed by atoms with Crippen molar-refractivity contribution < 1.29 is 18.7 Å². The average molecular weight is 449 g/mol. The van der Waals surface area contributed by atoms with Crippen molar-refractivity contribution in [3.05, 3.63) is 82.3 Å². The van der Waals surface area contributed by atoms with Crippen LogP contribution in [0.5, 0.6) is 0 Å². The molecule has 0 atom stereocenters. The summed E-state index contributed by atoms with van der Waals surface area (Å²) in [4.78, 5) is 41.9. The molecule has 0 aliphatic heterocycles. The van der Waals surface area contributed by atoms with E-state index < -0.39 is 5.97 Å². The minimum atomic E-state index is -0.564. The van der Waals surface area contributed by atoms with Crippen molar-refractivity contribution in [1.82, 2.24) is 19.3 Å². The van der Waals surface area contributed by atoms with E-state index >= 15 is 0 Å². The third kappa shape index (κ3) is 4.36. The van der Waals surface area contributed by atoms with Crippen LogP contribution < -0.4 is 10.9 Å². The van der Waals surface area contributed by atoms with Gasteiger partial charge in [-0.25, -0.2) is 18.9 Å². The van der Waals surface area contributed by atoms with E-state index in [1.165, 1.54) is 34.7 Å². The van der Waals surface area contributed by atoms with E-state index in [1.54, 1.807) is 43.3 Å². The van der Waals surface area contributed by atoms with Crippen molar-refractivity contribution in [2.24, 2.45) is 0 Å². The van der Waals surface area contributed by atoms with Gasteiger partial charge < -0.3 is 10.1 Å². The molecule has 168 valence electrons. The number of hydrogen-bond acceptors (Lipinski definition) is 6. The van der Waals surface area contributed by atoms with E-state index in [2.05, 4.69) is 15.4 Å². The Kier molecular flexibility index (Phi) is 5.99. The smallest absolute Gasteiger partial charge is 0.339 e. The maximum Gasteiger partial charge on any atom is 0.339 e. The number of rotatable bonds is 6. The monoisotopic (exact) mass is 449 g/mol. The molecule has 4 aromatic rings. The summed E-state index contributed by atoms with van der Waals surface area (Å²) in [6.45, 7) is 1.74. The summed E-state index contributed by atoms with van der Waals surface area (Å²) in [6.07, 6.45) is 1.38. The number of fused-ring (bicyclic) bond motifs is 1. The van der Waals surface area contributed by atoms with Crippen LogP contribution in [0.3, 0.4) is 0 Å². The molecule has 2 aromatic heterocycles. The van der Waals surface area contributed by atoms with Gasteiger partial charge in [0.25, 0.3) is 5.56 Å². The van der Waals surface area contributed by atoms with Crippen LogP contribution in [-0.4, -0.2) is 38.3 Å². The molecule has 0 spiro atoms. The zero-order valence-electron chi connectivity index (χ0n) is 17.9. The van der Waals surface area contributed by atoms with Gasteiger partial charge in [-0.05, 0) is 43.3 Å². The molecule has 9 nitrogen and oxygen atoms in total. The number of nitrogens with one attached hydrogen (secondary N) is 1. The molecule has 1 amide bonds. The average Bonchev–Trinajstić information content (AvgIpc) is 3.23. The normalized spacial score (nSPS) is 10.9. The van der Waals surface area contributed by atoms with Gasteiger partial charge in [0.15, 0.2) is 5.65 Å². The Bertz CT molecular complexity index is 1410. The molecular formula is C23H20FN5O4. The summed E-state index contributed by atoms with van der Waals surface area (Å²) in [7, 11) is 1.26. The Balaban J connectivity index is 1.55. The van der Waals surface area contributed by atoms with Crippen LogP contribution in [0.15, 0.2) is 59.5 Å². The van der Waals surface area contributed by atoms with E-state index in [0.717, 1.165) is 0 Å². The standard InChI is InChI=1S/C23H20FN5O4/c1-14-26-21-18(13-25-29(21)16-9-7-15(24)8-10-16)22(31)28(14)12-11-20(30)27-19-6-4-3-5-17(19)23(32)33-2/h3-10,13H,11-12H2,1-2H3,(H,27,30). The van der Waals surface area contributed by atoms with E-state index in [4.69, 9.17) is 4.74 Å². The molecule has 4 rings (SSSR count). The number of aromatic nitrogens is 4. The molecule has 10 heteroatoms. The molecule has 0 fully saturated rings. The van der Waals surface area contributed by atoms with Gasteiger partial charge in [0.1, 0.15) is 17.0 Å². The second-order valence-corrected chi connectivity index (χ2v) is 7.22. The molecule has 0 radical (unpaired) electrons. The Morgan fingerprint density at radius 3 is 2.58 bits per heavy atom. The molecular weight excluding hydrogens is 429 g/mol. The van der Waals surface area contributed by atoms with Crippen LogP contribution >= 0.6 is 0 Å². The molecule has 33 heavy (non-hydrogen) atoms. The SMILES string of the molecule is COC(=O)c1ccccc1NC(=O)CCn1c(C)nc2c(cnn2-c2ccc(F)cc2)c1=O. The second kappa shape index (κ2) is 9.03. The number of nitrogens with zero attached hydrogens (tertiary/aromatic N) is 4. The van der Waals surface area contributed by atoms with Gasteiger partial charge in [-0.2, -0.15) is 5.10 Å². The van der Waals surface area contributed by atoms with E-state index in [9.17, 15) is 18.8 Å².